The lowest BCUT2D eigenvalue weighted by atomic mass is 10.0. The zero-order valence-electron chi connectivity index (χ0n) is 10.9. The fourth-order valence-electron chi connectivity index (χ4n) is 3.14. The zero-order valence-corrected chi connectivity index (χ0v) is 11.7. The van der Waals surface area contributed by atoms with Crippen molar-refractivity contribution in [1.82, 2.24) is 9.88 Å². The van der Waals surface area contributed by atoms with Crippen LogP contribution < -0.4 is 5.32 Å². The maximum absolute atomic E-state index is 12.3. The van der Waals surface area contributed by atoms with Crippen LogP contribution in [0.3, 0.4) is 0 Å². The Morgan fingerprint density at radius 3 is 2.68 bits per heavy atom. The van der Waals surface area contributed by atoms with Crippen LogP contribution in [-0.2, 0) is 4.79 Å². The van der Waals surface area contributed by atoms with Gasteiger partial charge in [-0.3, -0.25) is 9.59 Å². The Labute approximate surface area is 116 Å². The van der Waals surface area contributed by atoms with E-state index < -0.39 is 0 Å². The van der Waals surface area contributed by atoms with Gasteiger partial charge >= 0.3 is 0 Å². The number of rotatable bonds is 2. The lowest BCUT2D eigenvalue weighted by Crippen LogP contribution is -2.29. The second-order valence-corrected chi connectivity index (χ2v) is 6.24. The largest absolute Gasteiger partial charge is 0.337 e. The molecule has 1 saturated carbocycles. The van der Waals surface area contributed by atoms with Gasteiger partial charge in [0.1, 0.15) is 5.69 Å². The van der Waals surface area contributed by atoms with Crippen LogP contribution in [0.4, 0.5) is 5.13 Å². The van der Waals surface area contributed by atoms with Crippen molar-refractivity contribution in [3.63, 3.8) is 0 Å². The van der Waals surface area contributed by atoms with Crippen molar-refractivity contribution >= 4 is 28.3 Å². The molecule has 1 aliphatic carbocycles. The highest BCUT2D eigenvalue weighted by atomic mass is 32.1. The third-order valence-electron chi connectivity index (χ3n) is 4.02. The molecule has 0 bridgehead atoms. The van der Waals surface area contributed by atoms with Crippen molar-refractivity contribution in [2.75, 3.05) is 18.4 Å². The Morgan fingerprint density at radius 2 is 2.05 bits per heavy atom. The van der Waals surface area contributed by atoms with Gasteiger partial charge in [-0.05, 0) is 24.7 Å². The van der Waals surface area contributed by atoms with E-state index in [9.17, 15) is 9.59 Å². The number of nitrogens with one attached hydrogen (secondary N) is 1. The van der Waals surface area contributed by atoms with Gasteiger partial charge in [-0.2, -0.15) is 0 Å². The minimum absolute atomic E-state index is 0.00209. The first-order valence-electron chi connectivity index (χ1n) is 6.66. The Balaban J connectivity index is 1.67. The van der Waals surface area contributed by atoms with Crippen molar-refractivity contribution in [2.45, 2.75) is 26.2 Å². The fourth-order valence-corrected chi connectivity index (χ4v) is 3.87. The lowest BCUT2D eigenvalue weighted by molar-refractivity contribution is -0.114. The number of fused-ring (bicyclic) bond motifs is 1. The van der Waals surface area contributed by atoms with E-state index >= 15 is 0 Å². The van der Waals surface area contributed by atoms with Gasteiger partial charge in [0.25, 0.3) is 5.91 Å². The van der Waals surface area contributed by atoms with Gasteiger partial charge in [0, 0.05) is 25.4 Å². The van der Waals surface area contributed by atoms with Crippen LogP contribution in [0.5, 0.6) is 0 Å². The number of nitrogens with zero attached hydrogens (tertiary/aromatic N) is 2. The molecule has 2 aliphatic rings. The van der Waals surface area contributed by atoms with Crippen molar-refractivity contribution in [2.24, 2.45) is 11.8 Å². The molecule has 3 rings (SSSR count). The normalized spacial score (nSPS) is 25.4. The highest BCUT2D eigenvalue weighted by Gasteiger charge is 2.38. The molecule has 1 N–H and O–H groups in total. The summed E-state index contributed by atoms with van der Waals surface area (Å²) in [5.74, 6) is 1.22. The molecule has 2 fully saturated rings. The summed E-state index contributed by atoms with van der Waals surface area (Å²) in [4.78, 5) is 29.4. The monoisotopic (exact) mass is 279 g/mol. The van der Waals surface area contributed by atoms with Crippen LogP contribution in [0, 0.1) is 11.8 Å². The molecule has 5 nitrogen and oxygen atoms in total. The molecule has 2 amide bonds. The second-order valence-electron chi connectivity index (χ2n) is 5.38. The average molecular weight is 279 g/mol. The van der Waals surface area contributed by atoms with Gasteiger partial charge in [0.05, 0.1) is 0 Å². The van der Waals surface area contributed by atoms with E-state index in [-0.39, 0.29) is 11.8 Å². The van der Waals surface area contributed by atoms with Crippen molar-refractivity contribution in [3.05, 3.63) is 11.1 Å². The number of hydrogen-bond donors (Lipinski definition) is 1. The topological polar surface area (TPSA) is 62.3 Å². The van der Waals surface area contributed by atoms with Crippen LogP contribution in [0.15, 0.2) is 5.38 Å². The Morgan fingerprint density at radius 1 is 1.37 bits per heavy atom. The van der Waals surface area contributed by atoms with Crippen molar-refractivity contribution < 1.29 is 9.59 Å². The predicted octanol–water partition coefficient (Wildman–Crippen LogP) is 1.97. The molecule has 0 unspecified atom stereocenters. The van der Waals surface area contributed by atoms with E-state index in [1.54, 1.807) is 5.38 Å². The standard InChI is InChI=1S/C13H17N3O2S/c1-8(17)14-13-15-11(7-19-13)12(18)16-5-9-3-2-4-10(9)6-16/h7,9-10H,2-6H2,1H3,(H,14,15,17)/t9-,10+. The maximum atomic E-state index is 12.3. The molecule has 19 heavy (non-hydrogen) atoms. The van der Waals surface area contributed by atoms with E-state index in [0.717, 1.165) is 13.1 Å². The highest BCUT2D eigenvalue weighted by Crippen LogP contribution is 2.38. The summed E-state index contributed by atoms with van der Waals surface area (Å²) in [6, 6.07) is 0. The van der Waals surface area contributed by atoms with Gasteiger partial charge in [0.2, 0.25) is 5.91 Å². The molecule has 6 heteroatoms. The molecule has 1 aliphatic heterocycles. The molecule has 0 radical (unpaired) electrons. The summed E-state index contributed by atoms with van der Waals surface area (Å²) in [6.45, 7) is 3.18. The van der Waals surface area contributed by atoms with Gasteiger partial charge in [-0.15, -0.1) is 11.3 Å². The second kappa shape index (κ2) is 4.92. The predicted molar refractivity (Wildman–Crippen MR) is 73.2 cm³/mol. The van der Waals surface area contributed by atoms with Crippen LogP contribution in [0.1, 0.15) is 36.7 Å². The third-order valence-corrected chi connectivity index (χ3v) is 4.78. The number of aromatic nitrogens is 1. The lowest BCUT2D eigenvalue weighted by Gasteiger charge is -2.15. The molecule has 1 aromatic heterocycles. The summed E-state index contributed by atoms with van der Waals surface area (Å²) < 4.78 is 0. The first-order chi connectivity index (χ1) is 9.13. The molecule has 2 heterocycles. The first-order valence-corrected chi connectivity index (χ1v) is 7.54. The number of amides is 2. The number of anilines is 1. The van der Waals surface area contributed by atoms with Crippen molar-refractivity contribution in [3.8, 4) is 0 Å². The van der Waals surface area contributed by atoms with Gasteiger partial charge in [-0.25, -0.2) is 4.98 Å². The van der Waals surface area contributed by atoms with E-state index in [4.69, 9.17) is 0 Å². The molecule has 2 atom stereocenters. The SMILES string of the molecule is CC(=O)Nc1nc(C(=O)N2C[C@H]3CCC[C@H]3C2)cs1. The number of likely N-dealkylation sites (tertiary alicyclic amines) is 1. The zero-order chi connectivity index (χ0) is 13.4. The smallest absolute Gasteiger partial charge is 0.273 e. The Hall–Kier alpha value is -1.43. The molecule has 1 aromatic rings. The first kappa shape index (κ1) is 12.6. The van der Waals surface area contributed by atoms with Crippen LogP contribution in [0.25, 0.3) is 0 Å². The molecule has 0 aromatic carbocycles. The minimum Gasteiger partial charge on any atom is -0.337 e. The Kier molecular flexibility index (Phi) is 3.26. The van der Waals surface area contributed by atoms with E-state index in [2.05, 4.69) is 10.3 Å². The third kappa shape index (κ3) is 2.49. The van der Waals surface area contributed by atoms with Crippen LogP contribution in [0.2, 0.25) is 0 Å². The summed E-state index contributed by atoms with van der Waals surface area (Å²) in [7, 11) is 0. The van der Waals surface area contributed by atoms with Gasteiger partial charge in [-0.1, -0.05) is 6.42 Å². The molecule has 0 spiro atoms. The van der Waals surface area contributed by atoms with Gasteiger partial charge < -0.3 is 10.2 Å². The Bertz CT molecular complexity index is 502. The fraction of sp³-hybridized carbons (Fsp3) is 0.615. The number of thiazole rings is 1. The molecular weight excluding hydrogens is 262 g/mol. The van der Waals surface area contributed by atoms with E-state index in [0.29, 0.717) is 22.7 Å². The quantitative estimate of drug-likeness (QED) is 0.900. The number of hydrogen-bond acceptors (Lipinski definition) is 4. The van der Waals surface area contributed by atoms with Gasteiger partial charge in [0.15, 0.2) is 5.13 Å². The summed E-state index contributed by atoms with van der Waals surface area (Å²) in [6.07, 6.45) is 3.81. The highest BCUT2D eigenvalue weighted by molar-refractivity contribution is 7.14. The average Bonchev–Trinajstić information content (AvgIpc) is 2.99. The number of carbonyl (C=O) groups is 2. The maximum Gasteiger partial charge on any atom is 0.273 e. The summed E-state index contributed by atoms with van der Waals surface area (Å²) >= 11 is 1.30. The summed E-state index contributed by atoms with van der Waals surface area (Å²) in [5.41, 5.74) is 0.453. The van der Waals surface area contributed by atoms with E-state index in [1.807, 2.05) is 4.90 Å². The molecule has 1 saturated heterocycles. The molecular formula is C13H17N3O2S. The molecule has 102 valence electrons. The minimum atomic E-state index is -0.163. The number of carbonyl (C=O) groups excluding carboxylic acids is 2. The van der Waals surface area contributed by atoms with Crippen molar-refractivity contribution in [1.29, 1.82) is 0 Å². The van der Waals surface area contributed by atoms with E-state index in [1.165, 1.54) is 37.5 Å². The summed E-state index contributed by atoms with van der Waals surface area (Å²) in [5, 5.41) is 4.83. The van der Waals surface area contributed by atoms with Crippen LogP contribution in [-0.4, -0.2) is 34.8 Å². The van der Waals surface area contributed by atoms with Crippen LogP contribution >= 0.6 is 11.3 Å².